The summed E-state index contributed by atoms with van der Waals surface area (Å²) >= 11 is 0. The van der Waals surface area contributed by atoms with Gasteiger partial charge in [0.25, 0.3) is 0 Å². The average Bonchev–Trinajstić information content (AvgIpc) is 3.56. The molecule has 0 aromatic heterocycles. The lowest BCUT2D eigenvalue weighted by Gasteiger charge is -2.38. The lowest BCUT2D eigenvalue weighted by atomic mass is 9.98. The second kappa shape index (κ2) is 18.2. The molecule has 2 aliphatic heterocycles. The minimum atomic E-state index is -0.517. The van der Waals surface area contributed by atoms with E-state index in [0.717, 1.165) is 78.8 Å². The Kier molecular flexibility index (Phi) is 13.5. The normalized spacial score (nSPS) is 21.2. The van der Waals surface area contributed by atoms with Gasteiger partial charge in [-0.15, -0.1) is 0 Å². The molecule has 10 heteroatoms. The number of carbonyl (C=O) groups is 2. The van der Waals surface area contributed by atoms with Gasteiger partial charge in [-0.1, -0.05) is 73.2 Å². The Morgan fingerprint density at radius 3 is 2.38 bits per heavy atom. The van der Waals surface area contributed by atoms with Crippen LogP contribution in [0, 0.1) is 0 Å². The first-order valence-electron chi connectivity index (χ1n) is 17.1. The first kappa shape index (κ1) is 35.7. The molecule has 2 saturated heterocycles. The molecular weight excluding hydrogens is 610 g/mol. The number of benzene rings is 3. The molecule has 258 valence electrons. The van der Waals surface area contributed by atoms with Gasteiger partial charge in [0.15, 0.2) is 6.29 Å². The van der Waals surface area contributed by atoms with Crippen LogP contribution in [0.15, 0.2) is 72.8 Å². The number of likely N-dealkylation sites (tertiary alicyclic amines) is 1. The zero-order chi connectivity index (χ0) is 33.7. The quantitative estimate of drug-likeness (QED) is 0.0892. The molecule has 2 heterocycles. The smallest absolute Gasteiger partial charge is 0.243 e. The van der Waals surface area contributed by atoms with Crippen molar-refractivity contribution < 1.29 is 34.1 Å². The molecule has 5 rings (SSSR count). The number of methoxy groups -OCH3 is 1. The summed E-state index contributed by atoms with van der Waals surface area (Å²) in [4.78, 5) is 25.9. The molecule has 4 unspecified atom stereocenters. The first-order chi connectivity index (χ1) is 23.4. The van der Waals surface area contributed by atoms with Crippen molar-refractivity contribution >= 4 is 11.8 Å². The Labute approximate surface area is 283 Å². The van der Waals surface area contributed by atoms with Crippen LogP contribution in [0.25, 0.3) is 11.1 Å². The number of ether oxygens (including phenoxy) is 3. The summed E-state index contributed by atoms with van der Waals surface area (Å²) in [5.41, 5.74) is 7.65. The summed E-state index contributed by atoms with van der Waals surface area (Å²) in [7, 11) is 1.76. The van der Waals surface area contributed by atoms with Gasteiger partial charge in [-0.3, -0.25) is 19.7 Å². The summed E-state index contributed by atoms with van der Waals surface area (Å²) in [5, 5.41) is 21.1. The van der Waals surface area contributed by atoms with Crippen LogP contribution in [-0.4, -0.2) is 66.0 Å². The van der Waals surface area contributed by atoms with Crippen LogP contribution in [-0.2, 0) is 37.0 Å². The van der Waals surface area contributed by atoms with E-state index in [9.17, 15) is 14.7 Å². The molecule has 0 spiro atoms. The summed E-state index contributed by atoms with van der Waals surface area (Å²) in [6.07, 6.45) is 5.10. The van der Waals surface area contributed by atoms with Crippen LogP contribution in [0.3, 0.4) is 0 Å². The number of hydrogen-bond donors (Lipinski definition) is 4. The molecule has 0 saturated carbocycles. The summed E-state index contributed by atoms with van der Waals surface area (Å²) in [6, 6.07) is 24.8. The molecular formula is C38H49N3O7. The van der Waals surface area contributed by atoms with Crippen LogP contribution in [0.2, 0.25) is 0 Å². The van der Waals surface area contributed by atoms with Crippen molar-refractivity contribution in [3.8, 4) is 11.1 Å². The Hall–Kier alpha value is -3.64. The van der Waals surface area contributed by atoms with E-state index >= 15 is 0 Å². The minimum absolute atomic E-state index is 0.0103. The largest absolute Gasteiger partial charge is 0.392 e. The molecule has 0 aliphatic carbocycles. The van der Waals surface area contributed by atoms with Crippen LogP contribution in [0.5, 0.6) is 0 Å². The molecule has 0 bridgehead atoms. The van der Waals surface area contributed by atoms with E-state index < -0.39 is 12.2 Å². The second-order valence-corrected chi connectivity index (χ2v) is 12.8. The van der Waals surface area contributed by atoms with Gasteiger partial charge in [0, 0.05) is 51.1 Å². The van der Waals surface area contributed by atoms with Crippen molar-refractivity contribution in [1.29, 1.82) is 0 Å². The van der Waals surface area contributed by atoms with E-state index in [1.54, 1.807) is 12.6 Å². The fourth-order valence-corrected chi connectivity index (χ4v) is 6.60. The Bertz CT molecular complexity index is 1450. The highest BCUT2D eigenvalue weighted by Crippen LogP contribution is 2.39. The average molecular weight is 660 g/mol. The summed E-state index contributed by atoms with van der Waals surface area (Å²) < 4.78 is 18.7. The van der Waals surface area contributed by atoms with Crippen LogP contribution >= 0.6 is 0 Å². The van der Waals surface area contributed by atoms with E-state index in [2.05, 4.69) is 46.6 Å². The zero-order valence-electron chi connectivity index (χ0n) is 27.8. The van der Waals surface area contributed by atoms with Crippen LogP contribution in [0.4, 0.5) is 0 Å². The maximum Gasteiger partial charge on any atom is 0.243 e. The van der Waals surface area contributed by atoms with Gasteiger partial charge < -0.3 is 24.6 Å². The lowest BCUT2D eigenvalue weighted by Crippen LogP contribution is -2.42. The number of unbranched alkanes of at least 4 members (excludes halogenated alkanes) is 2. The van der Waals surface area contributed by atoms with Gasteiger partial charge in [-0.2, -0.15) is 0 Å². The van der Waals surface area contributed by atoms with Crippen molar-refractivity contribution in [1.82, 2.24) is 15.7 Å². The predicted molar refractivity (Wildman–Crippen MR) is 182 cm³/mol. The number of nitrogens with one attached hydrogen (secondary N) is 2. The Morgan fingerprint density at radius 1 is 0.896 bits per heavy atom. The number of hydroxylamine groups is 1. The highest BCUT2D eigenvalue weighted by molar-refractivity contribution is 5.76. The number of rotatable bonds is 16. The number of aliphatic hydroxyl groups is 1. The van der Waals surface area contributed by atoms with Crippen LogP contribution in [0.1, 0.15) is 86.0 Å². The van der Waals surface area contributed by atoms with Gasteiger partial charge in [-0.25, -0.2) is 5.48 Å². The molecule has 10 nitrogen and oxygen atoms in total. The predicted octanol–water partition coefficient (Wildman–Crippen LogP) is 5.57. The lowest BCUT2D eigenvalue weighted by molar-refractivity contribution is -0.253. The number of amides is 2. The Morgan fingerprint density at radius 2 is 1.65 bits per heavy atom. The third-order valence-corrected chi connectivity index (χ3v) is 9.28. The molecule has 48 heavy (non-hydrogen) atoms. The fraction of sp³-hybridized carbons (Fsp3) is 0.474. The van der Waals surface area contributed by atoms with Crippen molar-refractivity contribution in [2.45, 2.75) is 89.1 Å². The molecule has 2 fully saturated rings. The third kappa shape index (κ3) is 10.2. The van der Waals surface area contributed by atoms with Gasteiger partial charge in [-0.05, 0) is 66.1 Å². The summed E-state index contributed by atoms with van der Waals surface area (Å²) in [5.74, 6) is -0.429. The molecule has 4 atom stereocenters. The van der Waals surface area contributed by atoms with Crippen molar-refractivity contribution in [3.63, 3.8) is 0 Å². The first-order valence-corrected chi connectivity index (χ1v) is 17.1. The van der Waals surface area contributed by atoms with Gasteiger partial charge in [0.05, 0.1) is 25.4 Å². The molecule has 3 aromatic rings. The molecule has 2 amide bonds. The fourth-order valence-electron chi connectivity index (χ4n) is 6.60. The maximum atomic E-state index is 12.3. The topological polar surface area (TPSA) is 130 Å². The van der Waals surface area contributed by atoms with E-state index in [4.69, 9.17) is 19.4 Å². The standard InChI is InChI=1S/C38H49N3O7/c1-46-26-33-9-6-20-41(33)24-34-22-35(30-14-12-27(25-42)13-15-30)48-38(47-34)31-18-16-29(17-19-31)32-8-5-7-28(21-32)23-39-36(43)10-3-2-4-11-37(44)40-45/h5,7-8,12-19,21,33-35,38,42,45H,2-4,6,9-11,20,22-26H2,1H3,(H,39,43)(H,40,44). The summed E-state index contributed by atoms with van der Waals surface area (Å²) in [6.45, 7) is 3.04. The van der Waals surface area contributed by atoms with E-state index in [0.29, 0.717) is 31.8 Å². The van der Waals surface area contributed by atoms with Gasteiger partial charge >= 0.3 is 0 Å². The van der Waals surface area contributed by atoms with E-state index in [1.165, 1.54) is 0 Å². The van der Waals surface area contributed by atoms with Crippen molar-refractivity contribution in [2.75, 3.05) is 26.8 Å². The van der Waals surface area contributed by atoms with Gasteiger partial charge in [0.1, 0.15) is 0 Å². The highest BCUT2D eigenvalue weighted by Gasteiger charge is 2.35. The molecule has 2 aliphatic rings. The van der Waals surface area contributed by atoms with Crippen molar-refractivity contribution in [3.05, 3.63) is 95.1 Å². The molecule has 0 radical (unpaired) electrons. The minimum Gasteiger partial charge on any atom is -0.392 e. The molecule has 4 N–H and O–H groups in total. The SMILES string of the molecule is COCC1CCCN1CC1CC(c2ccc(CO)cc2)OC(c2ccc(-c3cccc(CNC(=O)CCCCCC(=O)NO)c3)cc2)O1. The second-order valence-electron chi connectivity index (χ2n) is 12.8. The number of hydrogen-bond acceptors (Lipinski definition) is 8. The monoisotopic (exact) mass is 659 g/mol. The third-order valence-electron chi connectivity index (χ3n) is 9.28. The zero-order valence-corrected chi connectivity index (χ0v) is 27.8. The number of nitrogens with zero attached hydrogens (tertiary/aromatic N) is 1. The number of aliphatic hydroxyl groups excluding tert-OH is 1. The van der Waals surface area contributed by atoms with Crippen LogP contribution < -0.4 is 10.8 Å². The highest BCUT2D eigenvalue weighted by atomic mass is 16.7. The molecule has 3 aromatic carbocycles. The maximum absolute atomic E-state index is 12.3. The van der Waals surface area contributed by atoms with Crippen molar-refractivity contribution in [2.24, 2.45) is 0 Å². The van der Waals surface area contributed by atoms with E-state index in [-0.39, 0.29) is 31.1 Å². The van der Waals surface area contributed by atoms with Gasteiger partial charge in [0.2, 0.25) is 11.8 Å². The van der Waals surface area contributed by atoms with E-state index in [1.807, 2.05) is 36.4 Å². The number of carbonyl (C=O) groups excluding carboxylic acids is 2. The Balaban J connectivity index is 1.21.